The predicted molar refractivity (Wildman–Crippen MR) is 296 cm³/mol. The van der Waals surface area contributed by atoms with Crippen LogP contribution in [-0.4, -0.2) is 257 Å². The van der Waals surface area contributed by atoms with Gasteiger partial charge in [-0.1, -0.05) is 24.3 Å². The maximum Gasteiger partial charge on any atom is 0.221 e. The van der Waals surface area contributed by atoms with Gasteiger partial charge in [-0.15, -0.1) is 0 Å². The van der Waals surface area contributed by atoms with Gasteiger partial charge in [0.15, 0.2) is 34.7 Å². The lowest BCUT2D eigenvalue weighted by Gasteiger charge is -2.56. The number of piperidine rings is 6. The predicted octanol–water partition coefficient (Wildman–Crippen LogP) is 6.81. The molecule has 24 nitrogen and oxygen atoms in total. The second kappa shape index (κ2) is 21.5. The summed E-state index contributed by atoms with van der Waals surface area (Å²) >= 11 is 0. The minimum absolute atomic E-state index is 0.220. The summed E-state index contributed by atoms with van der Waals surface area (Å²) in [6.45, 7) is 18.3. The van der Waals surface area contributed by atoms with Gasteiger partial charge in [0, 0.05) is 181 Å². The quantitative estimate of drug-likeness (QED) is 0.231. The van der Waals surface area contributed by atoms with E-state index in [1.807, 2.05) is 0 Å². The highest BCUT2D eigenvalue weighted by atomic mass is 31.3. The van der Waals surface area contributed by atoms with Gasteiger partial charge < -0.3 is 56.8 Å². The fraction of sp³-hybridized carbons (Fsp3) is 0.922. The normalized spacial score (nSPS) is 36.5. The summed E-state index contributed by atoms with van der Waals surface area (Å²) in [5.74, 6) is -3.51. The van der Waals surface area contributed by atoms with Crippen molar-refractivity contribution in [1.29, 1.82) is 0 Å². The summed E-state index contributed by atoms with van der Waals surface area (Å²) in [5.41, 5.74) is 0. The Labute approximate surface area is 467 Å². The zero-order valence-corrected chi connectivity index (χ0v) is 50.1. The molecule has 13 saturated heterocycles. The Kier molecular flexibility index (Phi) is 15.0. The molecular weight excluding hydrogens is 1100 g/mol. The number of rotatable bonds is 8. The van der Waals surface area contributed by atoms with E-state index in [2.05, 4.69) is 68.7 Å². The van der Waals surface area contributed by atoms with E-state index in [1.165, 1.54) is 0 Å². The number of hydrogen-bond acceptors (Lipinski definition) is 24. The van der Waals surface area contributed by atoms with E-state index >= 15 is 0 Å². The largest absolute Gasteiger partial charge is 0.347 e. The van der Waals surface area contributed by atoms with Gasteiger partial charge in [0.2, 0.25) is 30.0 Å². The Morgan fingerprint density at radius 1 is 0.316 bits per heavy atom. The number of hydrogen-bond donors (Lipinski definition) is 0. The van der Waals surface area contributed by atoms with Crippen LogP contribution in [0.15, 0.2) is 42.4 Å². The molecule has 28 heteroatoms. The van der Waals surface area contributed by atoms with Crippen molar-refractivity contribution >= 4 is 30.0 Å². The summed E-state index contributed by atoms with van der Waals surface area (Å²) in [7, 11) is -10.7. The van der Waals surface area contributed by atoms with E-state index in [1.54, 1.807) is 0 Å². The van der Waals surface area contributed by atoms with Gasteiger partial charge in [0.05, 0.1) is 79.3 Å². The van der Waals surface area contributed by atoms with Crippen molar-refractivity contribution in [3.05, 3.63) is 24.3 Å². The lowest BCUT2D eigenvalue weighted by Crippen LogP contribution is -2.51. The first-order valence-electron chi connectivity index (χ1n) is 30.1. The molecule has 15 aliphatic rings. The van der Waals surface area contributed by atoms with Crippen LogP contribution in [0.4, 0.5) is 0 Å². The maximum absolute atomic E-state index is 7.13. The van der Waals surface area contributed by atoms with Gasteiger partial charge in [-0.2, -0.15) is 18.1 Å². The molecule has 0 aromatic rings. The molecule has 13 fully saturated rings. The molecular formula is C51H86N12O12P4. The van der Waals surface area contributed by atoms with Crippen molar-refractivity contribution in [2.75, 3.05) is 185 Å². The molecule has 15 rings (SSSR count). The van der Waals surface area contributed by atoms with Crippen molar-refractivity contribution in [2.24, 2.45) is 24.0 Å². The average Bonchev–Trinajstić information content (AvgIpc) is 3.93. The Morgan fingerprint density at radius 3 is 0.772 bits per heavy atom. The summed E-state index contributed by atoms with van der Waals surface area (Å²) in [6.07, 6.45) is 17.8. The van der Waals surface area contributed by atoms with Crippen LogP contribution in [0, 0.1) is 5.92 Å². The van der Waals surface area contributed by atoms with E-state index in [-0.39, 0.29) is 5.92 Å². The van der Waals surface area contributed by atoms with Crippen LogP contribution < -0.4 is 0 Å². The lowest BCUT2D eigenvalue weighted by atomic mass is 10.1. The van der Waals surface area contributed by atoms with Crippen LogP contribution >= 0.6 is 30.0 Å². The first kappa shape index (κ1) is 55.2. The number of ether oxygens (including phenoxy) is 12. The van der Waals surface area contributed by atoms with Gasteiger partial charge in [0.25, 0.3) is 0 Å². The van der Waals surface area contributed by atoms with E-state index in [4.69, 9.17) is 74.9 Å². The highest BCUT2D eigenvalue weighted by Gasteiger charge is 2.60. The van der Waals surface area contributed by atoms with Crippen molar-refractivity contribution in [1.82, 2.24) is 37.4 Å². The molecule has 14 heterocycles. The zero-order valence-electron chi connectivity index (χ0n) is 46.5. The number of likely N-dealkylation sites (N-methyl/N-ethyl adjacent to an activating group) is 1. The van der Waals surface area contributed by atoms with Gasteiger partial charge in [-0.05, 0) is 7.05 Å². The van der Waals surface area contributed by atoms with Gasteiger partial charge >= 0.3 is 0 Å². The van der Waals surface area contributed by atoms with Crippen molar-refractivity contribution in [3.8, 4) is 0 Å². The fourth-order valence-corrected chi connectivity index (χ4v) is 36.8. The van der Waals surface area contributed by atoms with Gasteiger partial charge in [-0.25, -0.2) is 37.4 Å². The van der Waals surface area contributed by atoms with Crippen LogP contribution in [0.1, 0.15) is 77.0 Å². The molecule has 1 atom stereocenters. The molecule has 442 valence electrons. The van der Waals surface area contributed by atoms with Crippen molar-refractivity contribution in [2.45, 2.75) is 112 Å². The summed E-state index contributed by atoms with van der Waals surface area (Å²) < 4.78 is 129. The molecule has 0 saturated carbocycles. The van der Waals surface area contributed by atoms with Crippen LogP contribution in [0.2, 0.25) is 0 Å². The Balaban J connectivity index is 1.01. The minimum Gasteiger partial charge on any atom is -0.347 e. The first-order chi connectivity index (χ1) is 38.5. The van der Waals surface area contributed by atoms with E-state index in [0.29, 0.717) is 184 Å². The topological polar surface area (TPSA) is 186 Å². The molecule has 1 aliphatic carbocycles. The molecule has 7 spiro atoms. The standard InChI is InChI=1S/C51H86N12O12P4/c1-56-30-31-63(44-45-4-2-3-5-45)76(56)52-77(57-18-6-46(7-19-57)64-32-33-65-46,58-20-8-47(9-21-58)66-34-35-67-47)54-79(61-26-14-50(15-27-61)72-40-41-73-50,62-28-16-51(17-29-62)74-42-43-75-51)55-78(53-76,59-22-10-48(11-23-59)68-36-37-69-48)60-24-12-49(13-25-60)70-38-39-71-49/h2-5,45H,6-44H2,1H3. The Hall–Kier alpha value is -0.400. The molecule has 0 aromatic carbocycles. The van der Waals surface area contributed by atoms with Crippen molar-refractivity contribution in [3.63, 3.8) is 0 Å². The summed E-state index contributed by atoms with van der Waals surface area (Å²) in [6, 6.07) is 0. The third-order valence-corrected chi connectivity index (χ3v) is 36.8. The van der Waals surface area contributed by atoms with Gasteiger partial charge in [0.1, 0.15) is 0 Å². The van der Waals surface area contributed by atoms with Crippen LogP contribution in [0.3, 0.4) is 0 Å². The second-order valence-electron chi connectivity index (χ2n) is 24.1. The summed E-state index contributed by atoms with van der Waals surface area (Å²) in [4.78, 5) is 0. The third kappa shape index (κ3) is 9.72. The van der Waals surface area contributed by atoms with Gasteiger partial charge in [-0.3, -0.25) is 0 Å². The molecule has 0 radical (unpaired) electrons. The van der Waals surface area contributed by atoms with E-state index in [0.717, 1.165) is 71.0 Å². The second-order valence-corrected chi connectivity index (χ2v) is 35.9. The fourth-order valence-electron chi connectivity index (χ4n) is 15.3. The van der Waals surface area contributed by atoms with Crippen LogP contribution in [0.25, 0.3) is 0 Å². The first-order valence-corrected chi connectivity index (χ1v) is 36.5. The highest BCUT2D eigenvalue weighted by molar-refractivity contribution is 7.83. The SMILES string of the molecule is CN1CCN(CC2C=CC=C2)P12=NP(N1CCC3(CC1)OCCO3)(N1CCC3(CC1)OCCO3)=NP(N1CCC3(CC1)OCCO3)(N1CCC3(CC1)OCCO3)=NP(N1CCC3(CC1)OCCO3)(N1CCC3(CC1)OCCO3)=N2. The Morgan fingerprint density at radius 2 is 0.532 bits per heavy atom. The molecule has 79 heavy (non-hydrogen) atoms. The smallest absolute Gasteiger partial charge is 0.221 e. The van der Waals surface area contributed by atoms with Crippen molar-refractivity contribution < 1.29 is 56.8 Å². The lowest BCUT2D eigenvalue weighted by molar-refractivity contribution is -0.182. The monoisotopic (exact) mass is 1180 g/mol. The number of allylic oxidation sites excluding steroid dienone is 2. The maximum atomic E-state index is 7.13. The minimum atomic E-state index is -3.35. The molecule has 0 aromatic heterocycles. The summed E-state index contributed by atoms with van der Waals surface area (Å²) in [5, 5.41) is 0. The third-order valence-electron chi connectivity index (χ3n) is 19.9. The van der Waals surface area contributed by atoms with Crippen LogP contribution in [-0.2, 0) is 56.8 Å². The molecule has 0 amide bonds. The average molecular weight is 1180 g/mol. The molecule has 0 bridgehead atoms. The zero-order chi connectivity index (χ0) is 52.9. The van der Waals surface area contributed by atoms with E-state index < -0.39 is 64.7 Å². The molecule has 14 aliphatic heterocycles. The van der Waals surface area contributed by atoms with Crippen LogP contribution in [0.5, 0.6) is 0 Å². The van der Waals surface area contributed by atoms with E-state index in [9.17, 15) is 0 Å². The highest BCUT2D eigenvalue weighted by Crippen LogP contribution is 2.85. The number of nitrogens with zero attached hydrogens (tertiary/aromatic N) is 12. The molecule has 1 unspecified atom stereocenters. The molecule has 0 N–H and O–H groups in total. The Bertz CT molecular complexity index is 2320.